The number of carboxylic acid groups (broad SMARTS) is 1. The SMILES string of the molecule is CCN(CC)c1ccc(C(=O)c2nc3cc(C)c(C)cc3nc2C(=O)O)c(C)c1. The van der Waals surface area contributed by atoms with Crippen molar-refractivity contribution >= 4 is 28.5 Å². The summed E-state index contributed by atoms with van der Waals surface area (Å²) < 4.78 is 0. The van der Waals surface area contributed by atoms with Crippen molar-refractivity contribution in [2.45, 2.75) is 34.6 Å². The molecule has 3 rings (SSSR count). The number of carbonyl (C=O) groups excluding carboxylic acids is 1. The number of benzene rings is 2. The van der Waals surface area contributed by atoms with Gasteiger partial charge in [-0.25, -0.2) is 14.8 Å². The van der Waals surface area contributed by atoms with Crippen LogP contribution in [0.1, 0.15) is 57.1 Å². The third-order valence-electron chi connectivity index (χ3n) is 5.28. The van der Waals surface area contributed by atoms with Crippen molar-refractivity contribution in [1.29, 1.82) is 0 Å². The minimum absolute atomic E-state index is 0.132. The van der Waals surface area contributed by atoms with E-state index in [1.807, 2.05) is 39.0 Å². The van der Waals surface area contributed by atoms with Crippen LogP contribution in [0.15, 0.2) is 30.3 Å². The van der Waals surface area contributed by atoms with Gasteiger partial charge in [0.1, 0.15) is 5.69 Å². The van der Waals surface area contributed by atoms with Gasteiger partial charge in [-0.2, -0.15) is 0 Å². The Balaban J connectivity index is 2.14. The van der Waals surface area contributed by atoms with Crippen LogP contribution in [0.2, 0.25) is 0 Å². The van der Waals surface area contributed by atoms with Gasteiger partial charge >= 0.3 is 5.97 Å². The summed E-state index contributed by atoms with van der Waals surface area (Å²) in [6, 6.07) is 9.19. The second kappa shape index (κ2) is 7.99. The maximum absolute atomic E-state index is 13.2. The molecule has 3 aromatic rings. The summed E-state index contributed by atoms with van der Waals surface area (Å²) in [6.45, 7) is 11.6. The lowest BCUT2D eigenvalue weighted by atomic mass is 9.99. The zero-order valence-corrected chi connectivity index (χ0v) is 17.4. The molecular weight excluding hydrogens is 366 g/mol. The zero-order chi connectivity index (χ0) is 21.3. The molecule has 1 heterocycles. The number of hydrogen-bond acceptors (Lipinski definition) is 5. The van der Waals surface area contributed by atoms with Crippen molar-refractivity contribution in [3.8, 4) is 0 Å². The van der Waals surface area contributed by atoms with Crippen LogP contribution < -0.4 is 4.90 Å². The molecule has 0 aliphatic rings. The van der Waals surface area contributed by atoms with Crippen LogP contribution >= 0.6 is 0 Å². The van der Waals surface area contributed by atoms with Gasteiger partial charge in [0, 0.05) is 24.3 Å². The molecule has 1 N–H and O–H groups in total. The highest BCUT2D eigenvalue weighted by Gasteiger charge is 2.24. The maximum Gasteiger partial charge on any atom is 0.356 e. The lowest BCUT2D eigenvalue weighted by Crippen LogP contribution is -2.22. The molecule has 0 radical (unpaired) electrons. The smallest absolute Gasteiger partial charge is 0.356 e. The van der Waals surface area contributed by atoms with Crippen molar-refractivity contribution in [3.63, 3.8) is 0 Å². The molecule has 29 heavy (non-hydrogen) atoms. The van der Waals surface area contributed by atoms with Gasteiger partial charge in [-0.05, 0) is 81.6 Å². The predicted molar refractivity (Wildman–Crippen MR) is 114 cm³/mol. The average Bonchev–Trinajstić information content (AvgIpc) is 2.68. The Morgan fingerprint density at radius 2 is 1.41 bits per heavy atom. The standard InChI is InChI=1S/C23H25N3O3/c1-6-26(7-2)16-8-9-17(15(5)10-16)22(27)20-21(23(28)29)25-19-12-14(4)13(3)11-18(19)24-20/h8-12H,6-7H2,1-5H3,(H,28,29). The van der Waals surface area contributed by atoms with E-state index in [0.717, 1.165) is 35.5 Å². The monoisotopic (exact) mass is 391 g/mol. The molecule has 0 unspecified atom stereocenters. The minimum atomic E-state index is -1.27. The molecular formula is C23H25N3O3. The highest BCUT2D eigenvalue weighted by atomic mass is 16.4. The summed E-state index contributed by atoms with van der Waals surface area (Å²) in [6.07, 6.45) is 0. The summed E-state index contributed by atoms with van der Waals surface area (Å²) >= 11 is 0. The molecule has 0 atom stereocenters. The molecule has 0 bridgehead atoms. The largest absolute Gasteiger partial charge is 0.476 e. The first kappa shape index (κ1) is 20.5. The molecule has 0 aliphatic heterocycles. The van der Waals surface area contributed by atoms with Crippen molar-refractivity contribution in [2.24, 2.45) is 0 Å². The average molecular weight is 391 g/mol. The number of fused-ring (bicyclic) bond motifs is 1. The van der Waals surface area contributed by atoms with Crippen LogP contribution in [-0.2, 0) is 0 Å². The number of aryl methyl sites for hydroxylation is 3. The van der Waals surface area contributed by atoms with Gasteiger partial charge in [0.25, 0.3) is 0 Å². The van der Waals surface area contributed by atoms with Gasteiger partial charge in [0.15, 0.2) is 5.69 Å². The molecule has 1 aromatic heterocycles. The van der Waals surface area contributed by atoms with E-state index in [-0.39, 0.29) is 11.4 Å². The fourth-order valence-electron chi connectivity index (χ4n) is 3.43. The topological polar surface area (TPSA) is 83.4 Å². The summed E-state index contributed by atoms with van der Waals surface area (Å²) in [5.74, 6) is -1.70. The molecule has 0 saturated heterocycles. The van der Waals surface area contributed by atoms with Crippen molar-refractivity contribution in [1.82, 2.24) is 9.97 Å². The second-order valence-electron chi connectivity index (χ2n) is 7.15. The van der Waals surface area contributed by atoms with E-state index in [2.05, 4.69) is 28.7 Å². The number of carbonyl (C=O) groups is 2. The van der Waals surface area contributed by atoms with E-state index in [0.29, 0.717) is 16.6 Å². The summed E-state index contributed by atoms with van der Waals surface area (Å²) in [4.78, 5) is 35.8. The Bertz CT molecular complexity index is 1120. The molecule has 2 aromatic carbocycles. The zero-order valence-electron chi connectivity index (χ0n) is 17.4. The summed E-state index contributed by atoms with van der Waals surface area (Å²) in [7, 11) is 0. The minimum Gasteiger partial charge on any atom is -0.476 e. The lowest BCUT2D eigenvalue weighted by Gasteiger charge is -2.22. The first-order valence-electron chi connectivity index (χ1n) is 9.69. The molecule has 6 heteroatoms. The number of rotatable bonds is 6. The fraction of sp³-hybridized carbons (Fsp3) is 0.304. The lowest BCUT2D eigenvalue weighted by molar-refractivity contribution is 0.0686. The Labute approximate surface area is 170 Å². The van der Waals surface area contributed by atoms with Crippen molar-refractivity contribution < 1.29 is 14.7 Å². The number of aromatic carboxylic acids is 1. The van der Waals surface area contributed by atoms with E-state index >= 15 is 0 Å². The van der Waals surface area contributed by atoms with Crippen LogP contribution in [0, 0.1) is 20.8 Å². The van der Waals surface area contributed by atoms with Crippen LogP contribution in [0.3, 0.4) is 0 Å². The molecule has 0 spiro atoms. The van der Waals surface area contributed by atoms with E-state index in [4.69, 9.17) is 0 Å². The van der Waals surface area contributed by atoms with Crippen molar-refractivity contribution in [2.75, 3.05) is 18.0 Å². The number of aromatic nitrogens is 2. The van der Waals surface area contributed by atoms with Crippen LogP contribution in [0.4, 0.5) is 5.69 Å². The van der Waals surface area contributed by atoms with E-state index in [1.165, 1.54) is 0 Å². The summed E-state index contributed by atoms with van der Waals surface area (Å²) in [5.41, 5.74) is 4.76. The van der Waals surface area contributed by atoms with E-state index < -0.39 is 11.8 Å². The second-order valence-corrected chi connectivity index (χ2v) is 7.15. The third-order valence-corrected chi connectivity index (χ3v) is 5.28. The molecule has 0 saturated carbocycles. The first-order chi connectivity index (χ1) is 13.8. The third kappa shape index (κ3) is 3.83. The molecule has 0 amide bonds. The maximum atomic E-state index is 13.2. The molecule has 6 nitrogen and oxygen atoms in total. The normalized spacial score (nSPS) is 10.9. The Morgan fingerprint density at radius 3 is 1.90 bits per heavy atom. The van der Waals surface area contributed by atoms with Crippen LogP contribution in [0.5, 0.6) is 0 Å². The fourth-order valence-corrected chi connectivity index (χ4v) is 3.43. The number of nitrogens with zero attached hydrogens (tertiary/aromatic N) is 3. The number of hydrogen-bond donors (Lipinski definition) is 1. The van der Waals surface area contributed by atoms with Crippen molar-refractivity contribution in [3.05, 3.63) is 64.0 Å². The van der Waals surface area contributed by atoms with Crippen LogP contribution in [0.25, 0.3) is 11.0 Å². The van der Waals surface area contributed by atoms with Gasteiger partial charge < -0.3 is 10.0 Å². The molecule has 0 fully saturated rings. The quantitative estimate of drug-likeness (QED) is 0.630. The summed E-state index contributed by atoms with van der Waals surface area (Å²) in [5, 5.41) is 9.63. The highest BCUT2D eigenvalue weighted by molar-refractivity contribution is 6.14. The number of carboxylic acids is 1. The molecule has 0 aliphatic carbocycles. The van der Waals surface area contributed by atoms with Gasteiger partial charge in [-0.15, -0.1) is 0 Å². The number of anilines is 1. The predicted octanol–water partition coefficient (Wildman–Crippen LogP) is 4.33. The van der Waals surface area contributed by atoms with Gasteiger partial charge in [-0.3, -0.25) is 4.79 Å². The van der Waals surface area contributed by atoms with Gasteiger partial charge in [0.05, 0.1) is 11.0 Å². The Kier molecular flexibility index (Phi) is 5.64. The molecule has 150 valence electrons. The first-order valence-corrected chi connectivity index (χ1v) is 9.69. The van der Waals surface area contributed by atoms with E-state index in [9.17, 15) is 14.7 Å². The van der Waals surface area contributed by atoms with E-state index in [1.54, 1.807) is 12.1 Å². The Morgan fingerprint density at radius 1 is 0.862 bits per heavy atom. The van der Waals surface area contributed by atoms with Crippen LogP contribution in [-0.4, -0.2) is 39.9 Å². The number of ketones is 1. The van der Waals surface area contributed by atoms with Gasteiger partial charge in [-0.1, -0.05) is 0 Å². The highest BCUT2D eigenvalue weighted by Crippen LogP contribution is 2.24. The van der Waals surface area contributed by atoms with Gasteiger partial charge in [0.2, 0.25) is 5.78 Å². The Hall–Kier alpha value is -3.28.